The Labute approximate surface area is 165 Å². The first-order valence-electron chi connectivity index (χ1n) is 9.57. The molecular formula is C22H26N2O4. The molecule has 0 bridgehead atoms. The molecule has 6 heteroatoms. The van der Waals surface area contributed by atoms with E-state index in [0.717, 1.165) is 17.7 Å². The fraction of sp³-hybridized carbons (Fsp3) is 0.364. The number of carbonyl (C=O) groups excluding carboxylic acids is 2. The van der Waals surface area contributed by atoms with Gasteiger partial charge < -0.3 is 19.0 Å². The number of benzene rings is 1. The van der Waals surface area contributed by atoms with Crippen molar-refractivity contribution in [2.24, 2.45) is 0 Å². The van der Waals surface area contributed by atoms with Crippen molar-refractivity contribution in [1.82, 2.24) is 9.80 Å². The molecule has 2 aromatic rings. The number of rotatable bonds is 6. The van der Waals surface area contributed by atoms with E-state index in [1.54, 1.807) is 36.5 Å². The Hall–Kier alpha value is -3.02. The van der Waals surface area contributed by atoms with E-state index >= 15 is 0 Å². The number of hydrogen-bond donors (Lipinski definition) is 0. The molecule has 28 heavy (non-hydrogen) atoms. The van der Waals surface area contributed by atoms with E-state index in [1.807, 2.05) is 29.2 Å². The Bertz CT molecular complexity index is 796. The van der Waals surface area contributed by atoms with Gasteiger partial charge in [0.1, 0.15) is 11.5 Å². The van der Waals surface area contributed by atoms with Gasteiger partial charge in [-0.25, -0.2) is 0 Å². The Kier molecular flexibility index (Phi) is 6.89. The molecule has 2 amide bonds. The lowest BCUT2D eigenvalue weighted by molar-refractivity contribution is -0.132. The van der Waals surface area contributed by atoms with Crippen LogP contribution in [0.2, 0.25) is 0 Å². The molecule has 1 aromatic carbocycles. The third-order valence-electron chi connectivity index (χ3n) is 4.88. The van der Waals surface area contributed by atoms with Crippen LogP contribution in [0.4, 0.5) is 0 Å². The quantitative estimate of drug-likeness (QED) is 0.721. The van der Waals surface area contributed by atoms with Crippen molar-refractivity contribution in [1.29, 1.82) is 0 Å². The van der Waals surface area contributed by atoms with Crippen molar-refractivity contribution in [2.75, 3.05) is 33.3 Å². The van der Waals surface area contributed by atoms with E-state index in [4.69, 9.17) is 9.15 Å². The summed E-state index contributed by atoms with van der Waals surface area (Å²) in [5.41, 5.74) is 1.11. The van der Waals surface area contributed by atoms with Crippen molar-refractivity contribution in [3.8, 4) is 5.75 Å². The highest BCUT2D eigenvalue weighted by atomic mass is 16.5. The van der Waals surface area contributed by atoms with Gasteiger partial charge in [-0.05, 0) is 48.7 Å². The minimum Gasteiger partial charge on any atom is -0.497 e. The lowest BCUT2D eigenvalue weighted by Crippen LogP contribution is -2.36. The number of carbonyl (C=O) groups is 2. The number of methoxy groups -OCH3 is 1. The van der Waals surface area contributed by atoms with Gasteiger partial charge in [-0.3, -0.25) is 9.59 Å². The van der Waals surface area contributed by atoms with Crippen molar-refractivity contribution < 1.29 is 18.7 Å². The molecule has 0 spiro atoms. The summed E-state index contributed by atoms with van der Waals surface area (Å²) in [7, 11) is 1.64. The van der Waals surface area contributed by atoms with E-state index in [1.165, 1.54) is 6.08 Å². The molecule has 0 unspecified atom stereocenters. The van der Waals surface area contributed by atoms with Crippen LogP contribution in [0.3, 0.4) is 0 Å². The Morgan fingerprint density at radius 1 is 1.07 bits per heavy atom. The number of hydrogen-bond acceptors (Lipinski definition) is 4. The molecule has 1 aliphatic heterocycles. The molecule has 148 valence electrons. The lowest BCUT2D eigenvalue weighted by atomic mass is 10.1. The summed E-state index contributed by atoms with van der Waals surface area (Å²) in [5, 5.41) is 0. The van der Waals surface area contributed by atoms with E-state index < -0.39 is 0 Å². The van der Waals surface area contributed by atoms with Crippen LogP contribution >= 0.6 is 0 Å². The van der Waals surface area contributed by atoms with E-state index in [9.17, 15) is 9.59 Å². The molecule has 1 saturated heterocycles. The molecule has 1 aromatic heterocycles. The summed E-state index contributed by atoms with van der Waals surface area (Å²) >= 11 is 0. The van der Waals surface area contributed by atoms with Gasteiger partial charge in [0.25, 0.3) is 0 Å². The van der Waals surface area contributed by atoms with E-state index in [-0.39, 0.29) is 11.8 Å². The molecule has 1 fully saturated rings. The molecule has 0 radical (unpaired) electrons. The van der Waals surface area contributed by atoms with Gasteiger partial charge >= 0.3 is 0 Å². The second kappa shape index (κ2) is 9.78. The third kappa shape index (κ3) is 5.49. The van der Waals surface area contributed by atoms with Gasteiger partial charge in [-0.15, -0.1) is 0 Å². The normalized spacial score (nSPS) is 14.9. The van der Waals surface area contributed by atoms with E-state index in [0.29, 0.717) is 44.8 Å². The molecule has 3 rings (SSSR count). The zero-order chi connectivity index (χ0) is 19.8. The summed E-state index contributed by atoms with van der Waals surface area (Å²) < 4.78 is 10.4. The maximum Gasteiger partial charge on any atom is 0.246 e. The van der Waals surface area contributed by atoms with Crippen LogP contribution < -0.4 is 4.74 Å². The first-order valence-corrected chi connectivity index (χ1v) is 9.57. The first kappa shape index (κ1) is 19.7. The number of amides is 2. The predicted molar refractivity (Wildman–Crippen MR) is 107 cm³/mol. The Morgan fingerprint density at radius 2 is 1.82 bits per heavy atom. The zero-order valence-corrected chi connectivity index (χ0v) is 16.2. The Morgan fingerprint density at radius 3 is 2.54 bits per heavy atom. The molecule has 0 saturated carbocycles. The molecular weight excluding hydrogens is 356 g/mol. The molecule has 1 aliphatic rings. The third-order valence-corrected chi connectivity index (χ3v) is 4.88. The van der Waals surface area contributed by atoms with Gasteiger partial charge in [0.2, 0.25) is 11.8 Å². The predicted octanol–water partition coefficient (Wildman–Crippen LogP) is 3.00. The lowest BCUT2D eigenvalue weighted by Gasteiger charge is -2.21. The van der Waals surface area contributed by atoms with Crippen molar-refractivity contribution in [3.05, 3.63) is 60.1 Å². The van der Waals surface area contributed by atoms with Crippen molar-refractivity contribution >= 4 is 17.9 Å². The highest BCUT2D eigenvalue weighted by Gasteiger charge is 2.20. The maximum atomic E-state index is 12.6. The summed E-state index contributed by atoms with van der Waals surface area (Å²) in [6.45, 7) is 2.47. The standard InChI is InChI=1S/C22H26N2O4/c1-27-19-8-5-18(6-9-19)7-11-21(25)23-13-3-14-24(16-15-23)22(26)12-10-20-4-2-17-28-20/h2,4-6,8-10,12,17H,3,7,11,13-16H2,1H3/b12-10+. The summed E-state index contributed by atoms with van der Waals surface area (Å²) in [5.74, 6) is 1.55. The Balaban J connectivity index is 1.47. The summed E-state index contributed by atoms with van der Waals surface area (Å²) in [6, 6.07) is 11.4. The molecule has 0 aliphatic carbocycles. The van der Waals surface area contributed by atoms with Gasteiger partial charge in [-0.2, -0.15) is 0 Å². The molecule has 0 atom stereocenters. The van der Waals surface area contributed by atoms with Crippen LogP contribution in [0.1, 0.15) is 24.2 Å². The average molecular weight is 382 g/mol. The highest BCUT2D eigenvalue weighted by Crippen LogP contribution is 2.14. The minimum absolute atomic E-state index is 0.0519. The molecule has 2 heterocycles. The molecule has 0 N–H and O–H groups in total. The van der Waals surface area contributed by atoms with Crippen LogP contribution in [0.15, 0.2) is 53.2 Å². The van der Waals surface area contributed by atoms with Crippen molar-refractivity contribution in [2.45, 2.75) is 19.3 Å². The van der Waals surface area contributed by atoms with Gasteiger partial charge in [0, 0.05) is 38.7 Å². The van der Waals surface area contributed by atoms with Gasteiger partial charge in [0.15, 0.2) is 0 Å². The topological polar surface area (TPSA) is 63.0 Å². The summed E-state index contributed by atoms with van der Waals surface area (Å²) in [6.07, 6.45) is 6.73. The van der Waals surface area contributed by atoms with Crippen molar-refractivity contribution in [3.63, 3.8) is 0 Å². The summed E-state index contributed by atoms with van der Waals surface area (Å²) in [4.78, 5) is 28.6. The largest absolute Gasteiger partial charge is 0.497 e. The average Bonchev–Trinajstić information content (AvgIpc) is 3.13. The fourth-order valence-corrected chi connectivity index (χ4v) is 3.23. The highest BCUT2D eigenvalue weighted by molar-refractivity contribution is 5.91. The van der Waals surface area contributed by atoms with Crippen LogP contribution in [0.5, 0.6) is 5.75 Å². The van der Waals surface area contributed by atoms with Gasteiger partial charge in [-0.1, -0.05) is 12.1 Å². The van der Waals surface area contributed by atoms with E-state index in [2.05, 4.69) is 0 Å². The minimum atomic E-state index is -0.0519. The second-order valence-electron chi connectivity index (χ2n) is 6.76. The maximum absolute atomic E-state index is 12.6. The zero-order valence-electron chi connectivity index (χ0n) is 16.2. The number of nitrogens with zero attached hydrogens (tertiary/aromatic N) is 2. The smallest absolute Gasteiger partial charge is 0.246 e. The first-order chi connectivity index (χ1) is 13.7. The number of furan rings is 1. The van der Waals surface area contributed by atoms with Gasteiger partial charge in [0.05, 0.1) is 13.4 Å². The number of ether oxygens (including phenoxy) is 1. The van der Waals surface area contributed by atoms with Crippen LogP contribution in [-0.4, -0.2) is 54.9 Å². The van der Waals surface area contributed by atoms with Crippen LogP contribution in [0.25, 0.3) is 6.08 Å². The second-order valence-corrected chi connectivity index (χ2v) is 6.76. The van der Waals surface area contributed by atoms with Crippen LogP contribution in [-0.2, 0) is 16.0 Å². The fourth-order valence-electron chi connectivity index (χ4n) is 3.23. The number of aryl methyl sites for hydroxylation is 1. The monoisotopic (exact) mass is 382 g/mol. The van der Waals surface area contributed by atoms with Crippen LogP contribution in [0, 0.1) is 0 Å². The SMILES string of the molecule is COc1ccc(CCC(=O)N2CCCN(C(=O)/C=C/c3ccco3)CC2)cc1. The molecule has 6 nitrogen and oxygen atoms in total.